The maximum Gasteiger partial charge on any atom is 0.239 e. The highest BCUT2D eigenvalue weighted by Crippen LogP contribution is 2.29. The van der Waals surface area contributed by atoms with Crippen LogP contribution in [0.3, 0.4) is 0 Å². The van der Waals surface area contributed by atoms with Crippen LogP contribution in [0.2, 0.25) is 0 Å². The van der Waals surface area contributed by atoms with Crippen molar-refractivity contribution in [2.45, 2.75) is 76.8 Å². The Bertz CT molecular complexity index is 276. The molecule has 1 saturated carbocycles. The molecule has 2 rings (SSSR count). The van der Waals surface area contributed by atoms with E-state index in [1.807, 2.05) is 7.05 Å². The average molecular weight is 266 g/mol. The predicted octanol–water partition coefficient (Wildman–Crippen LogP) is 2.95. The van der Waals surface area contributed by atoms with Gasteiger partial charge in [0.2, 0.25) is 5.91 Å². The lowest BCUT2D eigenvalue weighted by molar-refractivity contribution is -0.135. The van der Waals surface area contributed by atoms with E-state index in [1.54, 1.807) is 0 Å². The third kappa shape index (κ3) is 3.95. The number of rotatable bonds is 3. The summed E-state index contributed by atoms with van der Waals surface area (Å²) in [5.74, 6) is 1.23. The molecular formula is C16H30N2O. The Kier molecular flexibility index (Phi) is 5.68. The van der Waals surface area contributed by atoms with Crippen LogP contribution in [-0.4, -0.2) is 36.5 Å². The van der Waals surface area contributed by atoms with Gasteiger partial charge in [-0.05, 0) is 51.0 Å². The van der Waals surface area contributed by atoms with Gasteiger partial charge in [0.05, 0.1) is 6.04 Å². The molecule has 1 aliphatic carbocycles. The number of carbonyl (C=O) groups is 1. The van der Waals surface area contributed by atoms with Crippen molar-refractivity contribution in [3.63, 3.8) is 0 Å². The first-order chi connectivity index (χ1) is 9.22. The van der Waals surface area contributed by atoms with Crippen LogP contribution in [-0.2, 0) is 4.79 Å². The lowest BCUT2D eigenvalue weighted by atomic mass is 9.84. The maximum absolute atomic E-state index is 12.6. The van der Waals surface area contributed by atoms with E-state index in [1.165, 1.54) is 51.4 Å². The van der Waals surface area contributed by atoms with Crippen LogP contribution in [0.4, 0.5) is 0 Å². The van der Waals surface area contributed by atoms with Gasteiger partial charge in [-0.25, -0.2) is 0 Å². The lowest BCUT2D eigenvalue weighted by Crippen LogP contribution is -2.49. The van der Waals surface area contributed by atoms with Gasteiger partial charge in [-0.15, -0.1) is 0 Å². The second-order valence-corrected chi connectivity index (χ2v) is 6.39. The van der Waals surface area contributed by atoms with Crippen LogP contribution >= 0.6 is 0 Å². The fourth-order valence-corrected chi connectivity index (χ4v) is 3.61. The molecule has 0 spiro atoms. The number of amides is 1. The van der Waals surface area contributed by atoms with E-state index in [4.69, 9.17) is 0 Å². The van der Waals surface area contributed by atoms with Crippen LogP contribution in [0.1, 0.15) is 64.7 Å². The highest BCUT2D eigenvalue weighted by molar-refractivity contribution is 5.82. The van der Waals surface area contributed by atoms with Crippen LogP contribution in [0, 0.1) is 5.92 Å². The zero-order valence-corrected chi connectivity index (χ0v) is 12.7. The van der Waals surface area contributed by atoms with E-state index < -0.39 is 0 Å². The molecule has 0 bridgehead atoms. The fraction of sp³-hybridized carbons (Fsp3) is 0.938. The third-order valence-corrected chi connectivity index (χ3v) is 5.15. The molecule has 110 valence electrons. The Hall–Kier alpha value is -0.570. The quantitative estimate of drug-likeness (QED) is 0.852. The fourth-order valence-electron chi connectivity index (χ4n) is 3.61. The second kappa shape index (κ2) is 7.28. The Morgan fingerprint density at radius 1 is 1.11 bits per heavy atom. The molecule has 1 N–H and O–H groups in total. The molecule has 1 amide bonds. The van der Waals surface area contributed by atoms with Gasteiger partial charge >= 0.3 is 0 Å². The highest BCUT2D eigenvalue weighted by atomic mass is 16.2. The van der Waals surface area contributed by atoms with Crippen molar-refractivity contribution < 1.29 is 4.79 Å². The van der Waals surface area contributed by atoms with Crippen LogP contribution in [0.5, 0.6) is 0 Å². The molecule has 0 aromatic carbocycles. The zero-order chi connectivity index (χ0) is 13.7. The van der Waals surface area contributed by atoms with E-state index >= 15 is 0 Å². The van der Waals surface area contributed by atoms with Crippen molar-refractivity contribution in [1.29, 1.82) is 0 Å². The van der Waals surface area contributed by atoms with Crippen molar-refractivity contribution in [3.05, 3.63) is 0 Å². The van der Waals surface area contributed by atoms with E-state index in [2.05, 4.69) is 17.1 Å². The molecule has 1 atom stereocenters. The van der Waals surface area contributed by atoms with Gasteiger partial charge in [0.15, 0.2) is 0 Å². The number of nitrogens with zero attached hydrogens (tertiary/aromatic N) is 1. The highest BCUT2D eigenvalue weighted by Gasteiger charge is 2.29. The predicted molar refractivity (Wildman–Crippen MR) is 79.1 cm³/mol. The van der Waals surface area contributed by atoms with Gasteiger partial charge in [0.25, 0.3) is 0 Å². The molecule has 0 radical (unpaired) electrons. The Labute approximate surface area is 118 Å². The van der Waals surface area contributed by atoms with Crippen molar-refractivity contribution in [2.24, 2.45) is 5.92 Å². The molecule has 1 aliphatic heterocycles. The molecule has 19 heavy (non-hydrogen) atoms. The molecule has 3 nitrogen and oxygen atoms in total. The minimum Gasteiger partial charge on any atom is -0.341 e. The molecule has 0 aromatic rings. The van der Waals surface area contributed by atoms with Crippen molar-refractivity contribution in [1.82, 2.24) is 10.2 Å². The summed E-state index contributed by atoms with van der Waals surface area (Å²) in [5.41, 5.74) is 0. The molecule has 3 heteroatoms. The smallest absolute Gasteiger partial charge is 0.239 e. The van der Waals surface area contributed by atoms with E-state index in [-0.39, 0.29) is 6.04 Å². The van der Waals surface area contributed by atoms with Gasteiger partial charge in [0.1, 0.15) is 0 Å². The zero-order valence-electron chi connectivity index (χ0n) is 12.7. The van der Waals surface area contributed by atoms with Crippen molar-refractivity contribution in [3.8, 4) is 0 Å². The Morgan fingerprint density at radius 2 is 1.84 bits per heavy atom. The lowest BCUT2D eigenvalue weighted by Gasteiger charge is -2.36. The van der Waals surface area contributed by atoms with E-state index in [0.29, 0.717) is 11.9 Å². The van der Waals surface area contributed by atoms with Crippen LogP contribution in [0.15, 0.2) is 0 Å². The number of hydrogen-bond acceptors (Lipinski definition) is 2. The minimum atomic E-state index is 0.0800. The van der Waals surface area contributed by atoms with Crippen LogP contribution in [0.25, 0.3) is 0 Å². The normalized spacial score (nSPS) is 32.6. The molecule has 1 heterocycles. The second-order valence-electron chi connectivity index (χ2n) is 6.39. The monoisotopic (exact) mass is 266 g/mol. The SMILES string of the molecule is CCC1CCC(N(C)C(=O)C2CCCCCN2)CC1. The number of nitrogens with one attached hydrogen (secondary N) is 1. The summed E-state index contributed by atoms with van der Waals surface area (Å²) in [4.78, 5) is 14.6. The molecule has 0 aromatic heterocycles. The Morgan fingerprint density at radius 3 is 2.53 bits per heavy atom. The molecule has 1 unspecified atom stereocenters. The summed E-state index contributed by atoms with van der Waals surface area (Å²) in [6.45, 7) is 3.29. The van der Waals surface area contributed by atoms with Gasteiger partial charge in [0, 0.05) is 13.1 Å². The molecule has 1 saturated heterocycles. The van der Waals surface area contributed by atoms with E-state index in [9.17, 15) is 4.79 Å². The number of likely N-dealkylation sites (N-methyl/N-ethyl adjacent to an activating group) is 1. The summed E-state index contributed by atoms with van der Waals surface area (Å²) in [6, 6.07) is 0.566. The average Bonchev–Trinajstić information content (AvgIpc) is 2.75. The molecular weight excluding hydrogens is 236 g/mol. The van der Waals surface area contributed by atoms with Gasteiger partial charge in [-0.1, -0.05) is 26.2 Å². The van der Waals surface area contributed by atoms with Gasteiger partial charge in [-0.2, -0.15) is 0 Å². The number of hydrogen-bond donors (Lipinski definition) is 1. The first-order valence-corrected chi connectivity index (χ1v) is 8.22. The maximum atomic E-state index is 12.6. The van der Waals surface area contributed by atoms with Gasteiger partial charge < -0.3 is 10.2 Å². The first kappa shape index (κ1) is 14.8. The van der Waals surface area contributed by atoms with Gasteiger partial charge in [-0.3, -0.25) is 4.79 Å². The molecule has 2 fully saturated rings. The number of carbonyl (C=O) groups excluding carboxylic acids is 1. The topological polar surface area (TPSA) is 32.3 Å². The van der Waals surface area contributed by atoms with E-state index in [0.717, 1.165) is 18.9 Å². The third-order valence-electron chi connectivity index (χ3n) is 5.15. The molecule has 2 aliphatic rings. The summed E-state index contributed by atoms with van der Waals surface area (Å²) in [6.07, 6.45) is 11.0. The summed E-state index contributed by atoms with van der Waals surface area (Å²) in [5, 5.41) is 3.43. The largest absolute Gasteiger partial charge is 0.341 e. The summed E-state index contributed by atoms with van der Waals surface area (Å²) in [7, 11) is 2.02. The van der Waals surface area contributed by atoms with Crippen molar-refractivity contribution in [2.75, 3.05) is 13.6 Å². The first-order valence-electron chi connectivity index (χ1n) is 8.22. The van der Waals surface area contributed by atoms with Crippen LogP contribution < -0.4 is 5.32 Å². The summed E-state index contributed by atoms with van der Waals surface area (Å²) >= 11 is 0. The minimum absolute atomic E-state index is 0.0800. The standard InChI is InChI=1S/C16H30N2O/c1-3-13-8-10-14(11-9-13)18(2)16(19)15-7-5-4-6-12-17-15/h13-15,17H,3-12H2,1-2H3. The van der Waals surface area contributed by atoms with Crippen molar-refractivity contribution >= 4 is 5.91 Å². The summed E-state index contributed by atoms with van der Waals surface area (Å²) < 4.78 is 0. The Balaban J connectivity index is 1.84.